The monoisotopic (exact) mass is 247 g/mol. The van der Waals surface area contributed by atoms with Gasteiger partial charge in [0.2, 0.25) is 0 Å². The average molecular weight is 247 g/mol. The van der Waals surface area contributed by atoms with E-state index in [4.69, 9.17) is 15.2 Å². The van der Waals surface area contributed by atoms with Crippen LogP contribution in [0.5, 0.6) is 5.75 Å². The summed E-state index contributed by atoms with van der Waals surface area (Å²) in [6.45, 7) is 3.63. The first kappa shape index (κ1) is 12.0. The van der Waals surface area contributed by atoms with E-state index in [-0.39, 0.29) is 17.6 Å². The van der Waals surface area contributed by atoms with Gasteiger partial charge in [-0.25, -0.2) is 0 Å². The summed E-state index contributed by atoms with van der Waals surface area (Å²) in [5, 5.41) is 0. The third-order valence-electron chi connectivity index (χ3n) is 4.26. The molecular formula is C15H21NO2. The van der Waals surface area contributed by atoms with Crippen molar-refractivity contribution in [1.29, 1.82) is 0 Å². The Morgan fingerprint density at radius 3 is 2.89 bits per heavy atom. The lowest BCUT2D eigenvalue weighted by atomic mass is 9.89. The summed E-state index contributed by atoms with van der Waals surface area (Å²) in [6, 6.07) is 8.65. The summed E-state index contributed by atoms with van der Waals surface area (Å²) in [5.41, 5.74) is 7.65. The van der Waals surface area contributed by atoms with E-state index < -0.39 is 0 Å². The SMILES string of the molecule is CC(N)C1(c2cccc(OC3CCOC3)c2)CC1. The van der Waals surface area contributed by atoms with Crippen molar-refractivity contribution in [2.75, 3.05) is 13.2 Å². The molecule has 3 rings (SSSR count). The number of nitrogens with two attached hydrogens (primary N) is 1. The van der Waals surface area contributed by atoms with E-state index in [0.717, 1.165) is 18.8 Å². The minimum atomic E-state index is 0.200. The molecule has 1 saturated carbocycles. The fourth-order valence-electron chi connectivity index (χ4n) is 2.82. The lowest BCUT2D eigenvalue weighted by Crippen LogP contribution is -2.31. The Labute approximate surface area is 108 Å². The number of hydrogen-bond acceptors (Lipinski definition) is 3. The standard InChI is InChI=1S/C15H21NO2/c1-11(16)15(6-7-15)12-3-2-4-13(9-12)18-14-5-8-17-10-14/h2-4,9,11,14H,5-8,10,16H2,1H3. The fourth-order valence-corrected chi connectivity index (χ4v) is 2.82. The van der Waals surface area contributed by atoms with Crippen LogP contribution in [0, 0.1) is 0 Å². The highest BCUT2D eigenvalue weighted by Gasteiger charge is 2.47. The molecule has 0 radical (unpaired) electrons. The molecule has 1 saturated heterocycles. The normalized spacial score (nSPS) is 26.9. The highest BCUT2D eigenvalue weighted by molar-refractivity contribution is 5.39. The molecule has 0 amide bonds. The molecule has 1 aliphatic carbocycles. The van der Waals surface area contributed by atoms with Gasteiger partial charge in [-0.05, 0) is 37.5 Å². The molecule has 0 aromatic heterocycles. The van der Waals surface area contributed by atoms with Crippen molar-refractivity contribution in [3.63, 3.8) is 0 Å². The highest BCUT2D eigenvalue weighted by Crippen LogP contribution is 2.50. The molecule has 1 aliphatic heterocycles. The fraction of sp³-hybridized carbons (Fsp3) is 0.600. The van der Waals surface area contributed by atoms with Crippen LogP contribution in [-0.4, -0.2) is 25.4 Å². The van der Waals surface area contributed by atoms with Gasteiger partial charge in [-0.1, -0.05) is 12.1 Å². The molecule has 1 aromatic rings. The molecule has 0 spiro atoms. The molecule has 3 nitrogen and oxygen atoms in total. The van der Waals surface area contributed by atoms with Crippen molar-refractivity contribution in [1.82, 2.24) is 0 Å². The van der Waals surface area contributed by atoms with E-state index in [0.29, 0.717) is 6.61 Å². The summed E-state index contributed by atoms with van der Waals surface area (Å²) in [7, 11) is 0. The first-order valence-electron chi connectivity index (χ1n) is 6.81. The molecule has 2 aliphatic rings. The van der Waals surface area contributed by atoms with Crippen LogP contribution in [0.15, 0.2) is 24.3 Å². The van der Waals surface area contributed by atoms with Crippen molar-refractivity contribution in [3.05, 3.63) is 29.8 Å². The van der Waals surface area contributed by atoms with E-state index in [2.05, 4.69) is 25.1 Å². The molecule has 98 valence electrons. The molecule has 2 atom stereocenters. The van der Waals surface area contributed by atoms with Gasteiger partial charge in [0.15, 0.2) is 0 Å². The molecule has 2 N–H and O–H groups in total. The smallest absolute Gasteiger partial charge is 0.124 e. The van der Waals surface area contributed by atoms with Crippen molar-refractivity contribution in [2.24, 2.45) is 5.73 Å². The predicted molar refractivity (Wildman–Crippen MR) is 70.9 cm³/mol. The Morgan fingerprint density at radius 2 is 2.28 bits per heavy atom. The van der Waals surface area contributed by atoms with Gasteiger partial charge in [0.25, 0.3) is 0 Å². The van der Waals surface area contributed by atoms with Crippen molar-refractivity contribution in [2.45, 2.75) is 43.7 Å². The molecular weight excluding hydrogens is 226 g/mol. The van der Waals surface area contributed by atoms with Gasteiger partial charge in [-0.3, -0.25) is 0 Å². The van der Waals surface area contributed by atoms with Crippen LogP contribution in [0.4, 0.5) is 0 Å². The van der Waals surface area contributed by atoms with Gasteiger partial charge in [0.1, 0.15) is 11.9 Å². The second-order valence-electron chi connectivity index (χ2n) is 5.58. The summed E-state index contributed by atoms with van der Waals surface area (Å²) >= 11 is 0. The summed E-state index contributed by atoms with van der Waals surface area (Å²) in [4.78, 5) is 0. The Balaban J connectivity index is 1.77. The van der Waals surface area contributed by atoms with E-state index >= 15 is 0 Å². The number of ether oxygens (including phenoxy) is 2. The number of benzene rings is 1. The summed E-state index contributed by atoms with van der Waals surface area (Å²) in [5.74, 6) is 0.954. The van der Waals surface area contributed by atoms with Crippen LogP contribution in [0.25, 0.3) is 0 Å². The predicted octanol–water partition coefficient (Wildman–Crippen LogP) is 2.23. The van der Waals surface area contributed by atoms with Gasteiger partial charge < -0.3 is 15.2 Å². The summed E-state index contributed by atoms with van der Waals surface area (Å²) in [6.07, 6.45) is 3.59. The molecule has 1 aromatic carbocycles. The van der Waals surface area contributed by atoms with Crippen molar-refractivity contribution >= 4 is 0 Å². The zero-order valence-electron chi connectivity index (χ0n) is 10.9. The first-order valence-corrected chi connectivity index (χ1v) is 6.81. The topological polar surface area (TPSA) is 44.5 Å². The third-order valence-corrected chi connectivity index (χ3v) is 4.26. The van der Waals surface area contributed by atoms with Crippen LogP contribution in [-0.2, 0) is 10.2 Å². The maximum atomic E-state index is 6.12. The number of rotatable bonds is 4. The molecule has 2 fully saturated rings. The zero-order valence-corrected chi connectivity index (χ0v) is 10.9. The Kier molecular flexibility index (Phi) is 3.04. The van der Waals surface area contributed by atoms with Crippen LogP contribution in [0.3, 0.4) is 0 Å². The minimum Gasteiger partial charge on any atom is -0.488 e. The third kappa shape index (κ3) is 2.13. The van der Waals surface area contributed by atoms with E-state index in [9.17, 15) is 0 Å². The second-order valence-corrected chi connectivity index (χ2v) is 5.58. The average Bonchev–Trinajstić information content (AvgIpc) is 3.04. The van der Waals surface area contributed by atoms with Crippen LogP contribution < -0.4 is 10.5 Å². The summed E-state index contributed by atoms with van der Waals surface area (Å²) < 4.78 is 11.3. The molecule has 2 unspecified atom stereocenters. The van der Waals surface area contributed by atoms with Gasteiger partial charge in [0, 0.05) is 17.9 Å². The lowest BCUT2D eigenvalue weighted by molar-refractivity contribution is 0.141. The Hall–Kier alpha value is -1.06. The van der Waals surface area contributed by atoms with Crippen LogP contribution in [0.2, 0.25) is 0 Å². The molecule has 3 heteroatoms. The number of hydrogen-bond donors (Lipinski definition) is 1. The molecule has 1 heterocycles. The van der Waals surface area contributed by atoms with Crippen LogP contribution >= 0.6 is 0 Å². The van der Waals surface area contributed by atoms with Crippen LogP contribution in [0.1, 0.15) is 31.7 Å². The Morgan fingerprint density at radius 1 is 1.44 bits per heavy atom. The second kappa shape index (κ2) is 4.56. The quantitative estimate of drug-likeness (QED) is 0.887. The maximum Gasteiger partial charge on any atom is 0.124 e. The minimum absolute atomic E-state index is 0.200. The lowest BCUT2D eigenvalue weighted by Gasteiger charge is -2.21. The van der Waals surface area contributed by atoms with E-state index in [1.165, 1.54) is 18.4 Å². The van der Waals surface area contributed by atoms with E-state index in [1.807, 2.05) is 6.07 Å². The molecule has 0 bridgehead atoms. The van der Waals surface area contributed by atoms with Crippen molar-refractivity contribution < 1.29 is 9.47 Å². The largest absolute Gasteiger partial charge is 0.488 e. The highest BCUT2D eigenvalue weighted by atomic mass is 16.5. The van der Waals surface area contributed by atoms with E-state index in [1.54, 1.807) is 0 Å². The van der Waals surface area contributed by atoms with Crippen molar-refractivity contribution in [3.8, 4) is 5.75 Å². The zero-order chi connectivity index (χ0) is 12.6. The van der Waals surface area contributed by atoms with Gasteiger partial charge in [-0.2, -0.15) is 0 Å². The first-order chi connectivity index (χ1) is 8.71. The van der Waals surface area contributed by atoms with Gasteiger partial charge in [-0.15, -0.1) is 0 Å². The maximum absolute atomic E-state index is 6.12. The Bertz CT molecular complexity index is 420. The molecule has 18 heavy (non-hydrogen) atoms. The van der Waals surface area contributed by atoms with Gasteiger partial charge >= 0.3 is 0 Å². The van der Waals surface area contributed by atoms with Gasteiger partial charge in [0.05, 0.1) is 13.2 Å².